The Hall–Kier alpha value is -1.35. The maximum absolute atomic E-state index is 13.0. The van der Waals surface area contributed by atoms with Crippen molar-refractivity contribution in [3.05, 3.63) is 36.3 Å². The van der Waals surface area contributed by atoms with E-state index in [0.29, 0.717) is 6.54 Å². The highest BCUT2D eigenvalue weighted by Gasteiger charge is 2.03. The average molecular weight is 192 g/mol. The van der Waals surface area contributed by atoms with E-state index in [-0.39, 0.29) is 11.9 Å². The Kier molecular flexibility index (Phi) is 2.25. The molecule has 1 atom stereocenters. The van der Waals surface area contributed by atoms with E-state index in [0.717, 1.165) is 10.9 Å². The Morgan fingerprint density at radius 2 is 2.21 bits per heavy atom. The molecule has 2 N–H and O–H groups in total. The molecule has 1 aromatic carbocycles. The Morgan fingerprint density at radius 3 is 2.93 bits per heavy atom. The molecule has 1 unspecified atom stereocenters. The molecule has 1 aromatic heterocycles. The minimum atomic E-state index is -0.206. The lowest BCUT2D eigenvalue weighted by molar-refractivity contribution is 0.600. The van der Waals surface area contributed by atoms with Crippen LogP contribution in [0.4, 0.5) is 4.39 Å². The number of benzene rings is 1. The van der Waals surface area contributed by atoms with Crippen molar-refractivity contribution in [3.8, 4) is 0 Å². The monoisotopic (exact) mass is 192 g/mol. The summed E-state index contributed by atoms with van der Waals surface area (Å²) in [6.45, 7) is 2.65. The van der Waals surface area contributed by atoms with Gasteiger partial charge in [-0.25, -0.2) is 4.39 Å². The molecule has 0 aliphatic heterocycles. The van der Waals surface area contributed by atoms with Crippen molar-refractivity contribution in [2.24, 2.45) is 5.73 Å². The summed E-state index contributed by atoms with van der Waals surface area (Å²) in [5, 5.41) is 1.05. The van der Waals surface area contributed by atoms with Crippen molar-refractivity contribution in [1.29, 1.82) is 0 Å². The van der Waals surface area contributed by atoms with Gasteiger partial charge in [0.2, 0.25) is 0 Å². The van der Waals surface area contributed by atoms with Crippen molar-refractivity contribution >= 4 is 10.9 Å². The first kappa shape index (κ1) is 9.21. The van der Waals surface area contributed by atoms with Crippen LogP contribution >= 0.6 is 0 Å². The molecule has 0 spiro atoms. The summed E-state index contributed by atoms with van der Waals surface area (Å²) in [7, 11) is 0. The fourth-order valence-electron chi connectivity index (χ4n) is 1.63. The van der Waals surface area contributed by atoms with Crippen molar-refractivity contribution in [2.75, 3.05) is 0 Å². The highest BCUT2D eigenvalue weighted by molar-refractivity contribution is 5.80. The van der Waals surface area contributed by atoms with Crippen molar-refractivity contribution in [3.63, 3.8) is 0 Å². The molecule has 0 aliphatic carbocycles. The first-order valence-corrected chi connectivity index (χ1v) is 4.67. The van der Waals surface area contributed by atoms with Crippen LogP contribution in [-0.2, 0) is 6.54 Å². The van der Waals surface area contributed by atoms with E-state index >= 15 is 0 Å². The molecule has 74 valence electrons. The number of halogens is 1. The second-order valence-corrected chi connectivity index (χ2v) is 3.65. The van der Waals surface area contributed by atoms with Crippen LogP contribution < -0.4 is 5.73 Å². The molecule has 2 aromatic rings. The molecule has 2 rings (SSSR count). The van der Waals surface area contributed by atoms with Crippen LogP contribution in [0.25, 0.3) is 10.9 Å². The van der Waals surface area contributed by atoms with Gasteiger partial charge in [0.05, 0.1) is 5.52 Å². The Bertz CT molecular complexity index is 445. The molecular weight excluding hydrogens is 179 g/mol. The SMILES string of the molecule is CC(N)Cn1ccc2ccc(F)cc21. The molecule has 2 nitrogen and oxygen atoms in total. The van der Waals surface area contributed by atoms with Gasteiger partial charge in [0.1, 0.15) is 5.82 Å². The largest absolute Gasteiger partial charge is 0.346 e. The summed E-state index contributed by atoms with van der Waals surface area (Å²) in [4.78, 5) is 0. The lowest BCUT2D eigenvalue weighted by atomic mass is 10.2. The number of fused-ring (bicyclic) bond motifs is 1. The number of hydrogen-bond acceptors (Lipinski definition) is 1. The maximum atomic E-state index is 13.0. The van der Waals surface area contributed by atoms with Crippen molar-refractivity contribution < 1.29 is 4.39 Å². The molecule has 0 bridgehead atoms. The third-order valence-corrected chi connectivity index (χ3v) is 2.22. The van der Waals surface area contributed by atoms with Crippen LogP contribution in [0.3, 0.4) is 0 Å². The molecule has 0 amide bonds. The zero-order chi connectivity index (χ0) is 10.1. The number of rotatable bonds is 2. The van der Waals surface area contributed by atoms with Gasteiger partial charge >= 0.3 is 0 Å². The smallest absolute Gasteiger partial charge is 0.125 e. The first-order chi connectivity index (χ1) is 6.66. The molecule has 1 heterocycles. The van der Waals surface area contributed by atoms with Gasteiger partial charge in [-0.1, -0.05) is 0 Å². The van der Waals surface area contributed by atoms with Crippen LogP contribution in [0.15, 0.2) is 30.5 Å². The van der Waals surface area contributed by atoms with E-state index in [1.807, 2.05) is 23.8 Å². The van der Waals surface area contributed by atoms with Crippen LogP contribution in [-0.4, -0.2) is 10.6 Å². The van der Waals surface area contributed by atoms with Gasteiger partial charge in [-0.05, 0) is 36.6 Å². The molecule has 0 aliphatic rings. The molecule has 3 heteroatoms. The van der Waals surface area contributed by atoms with E-state index in [2.05, 4.69) is 0 Å². The minimum Gasteiger partial charge on any atom is -0.346 e. The highest BCUT2D eigenvalue weighted by Crippen LogP contribution is 2.17. The third-order valence-electron chi connectivity index (χ3n) is 2.22. The predicted octanol–water partition coefficient (Wildman–Crippen LogP) is 2.13. The lowest BCUT2D eigenvalue weighted by Gasteiger charge is -2.08. The van der Waals surface area contributed by atoms with Gasteiger partial charge in [0.15, 0.2) is 0 Å². The molecule has 0 saturated carbocycles. The summed E-state index contributed by atoms with van der Waals surface area (Å²) in [5.74, 6) is -0.206. The van der Waals surface area contributed by atoms with Gasteiger partial charge in [0.25, 0.3) is 0 Å². The second kappa shape index (κ2) is 3.42. The minimum absolute atomic E-state index is 0.0777. The van der Waals surface area contributed by atoms with Crippen LogP contribution in [0.5, 0.6) is 0 Å². The fraction of sp³-hybridized carbons (Fsp3) is 0.273. The summed E-state index contributed by atoms with van der Waals surface area (Å²) in [5.41, 5.74) is 6.60. The third kappa shape index (κ3) is 1.63. The molecular formula is C11H13FN2. The van der Waals surface area contributed by atoms with Gasteiger partial charge in [0, 0.05) is 18.8 Å². The van der Waals surface area contributed by atoms with Crippen molar-refractivity contribution in [2.45, 2.75) is 19.5 Å². The maximum Gasteiger partial charge on any atom is 0.125 e. The topological polar surface area (TPSA) is 30.9 Å². The summed E-state index contributed by atoms with van der Waals surface area (Å²) in [6.07, 6.45) is 1.94. The zero-order valence-corrected chi connectivity index (χ0v) is 8.07. The van der Waals surface area contributed by atoms with Gasteiger partial charge in [-0.2, -0.15) is 0 Å². The normalized spacial score (nSPS) is 13.4. The highest BCUT2D eigenvalue weighted by atomic mass is 19.1. The number of nitrogens with zero attached hydrogens (tertiary/aromatic N) is 1. The van der Waals surface area contributed by atoms with Crippen molar-refractivity contribution in [1.82, 2.24) is 4.57 Å². The average Bonchev–Trinajstić information content (AvgIpc) is 2.47. The van der Waals surface area contributed by atoms with Gasteiger partial charge in [-0.15, -0.1) is 0 Å². The van der Waals surface area contributed by atoms with Crippen LogP contribution in [0, 0.1) is 5.82 Å². The lowest BCUT2D eigenvalue weighted by Crippen LogP contribution is -2.21. The molecule has 0 radical (unpaired) electrons. The van der Waals surface area contributed by atoms with E-state index in [4.69, 9.17) is 5.73 Å². The fourth-order valence-corrected chi connectivity index (χ4v) is 1.63. The quantitative estimate of drug-likeness (QED) is 0.776. The van der Waals surface area contributed by atoms with Crippen LogP contribution in [0.2, 0.25) is 0 Å². The molecule has 14 heavy (non-hydrogen) atoms. The summed E-state index contributed by atoms with van der Waals surface area (Å²) in [6, 6.07) is 6.84. The standard InChI is InChI=1S/C11H13FN2/c1-8(13)7-14-5-4-9-2-3-10(12)6-11(9)14/h2-6,8H,7,13H2,1H3. The predicted molar refractivity (Wildman–Crippen MR) is 55.5 cm³/mol. The van der Waals surface area contributed by atoms with Gasteiger partial charge < -0.3 is 10.3 Å². The number of aromatic nitrogens is 1. The number of hydrogen-bond donors (Lipinski definition) is 1. The van der Waals surface area contributed by atoms with E-state index in [9.17, 15) is 4.39 Å². The van der Waals surface area contributed by atoms with Crippen LogP contribution in [0.1, 0.15) is 6.92 Å². The number of nitrogens with two attached hydrogens (primary N) is 1. The Morgan fingerprint density at radius 1 is 1.43 bits per heavy atom. The van der Waals surface area contributed by atoms with Gasteiger partial charge in [-0.3, -0.25) is 0 Å². The van der Waals surface area contributed by atoms with E-state index in [1.165, 1.54) is 12.1 Å². The zero-order valence-electron chi connectivity index (χ0n) is 8.07. The van der Waals surface area contributed by atoms with E-state index < -0.39 is 0 Å². The Labute approximate surface area is 82.1 Å². The molecule has 0 fully saturated rings. The summed E-state index contributed by atoms with van der Waals surface area (Å²) < 4.78 is 15.0. The Balaban J connectivity index is 2.50. The van der Waals surface area contributed by atoms with E-state index in [1.54, 1.807) is 6.07 Å². The molecule has 0 saturated heterocycles. The second-order valence-electron chi connectivity index (χ2n) is 3.65. The first-order valence-electron chi connectivity index (χ1n) is 4.67. The summed E-state index contributed by atoms with van der Waals surface area (Å²) >= 11 is 0.